The Hall–Kier alpha value is -4.31. The van der Waals surface area contributed by atoms with Crippen molar-refractivity contribution in [2.45, 2.75) is 26.7 Å². The highest BCUT2D eigenvalue weighted by atomic mass is 79.9. The summed E-state index contributed by atoms with van der Waals surface area (Å²) >= 11 is 3.53. The number of benzene rings is 2. The lowest BCUT2D eigenvalue weighted by Crippen LogP contribution is -2.03. The van der Waals surface area contributed by atoms with Crippen molar-refractivity contribution >= 4 is 21.9 Å². The molecule has 0 unspecified atom stereocenters. The van der Waals surface area contributed by atoms with Crippen molar-refractivity contribution in [1.82, 2.24) is 14.8 Å². The summed E-state index contributed by atoms with van der Waals surface area (Å²) in [5.41, 5.74) is 2.49. The first kappa shape index (κ1) is 24.4. The first-order valence-corrected chi connectivity index (χ1v) is 12.1. The van der Waals surface area contributed by atoms with E-state index in [-0.39, 0.29) is 24.7 Å². The smallest absolute Gasteiger partial charge is 0.342 e. The molecule has 0 spiro atoms. The second-order valence-corrected chi connectivity index (χ2v) is 9.03. The molecule has 188 valence electrons. The fourth-order valence-electron chi connectivity index (χ4n) is 3.63. The van der Waals surface area contributed by atoms with Crippen LogP contribution in [0.4, 0.5) is 0 Å². The Morgan fingerprint density at radius 1 is 1.05 bits per heavy atom. The van der Waals surface area contributed by atoms with Gasteiger partial charge in [-0.2, -0.15) is 0 Å². The van der Waals surface area contributed by atoms with Crippen molar-refractivity contribution in [3.8, 4) is 23.3 Å². The molecule has 5 aromatic rings. The molecule has 37 heavy (non-hydrogen) atoms. The zero-order valence-corrected chi connectivity index (χ0v) is 21.3. The Morgan fingerprint density at radius 2 is 1.89 bits per heavy atom. The maximum absolute atomic E-state index is 11.7. The standard InChI is InChI=1S/C27H22BrN3O6/c1-17-22(29-26(37-17)24-8-5-11-34-24)16-35-23-10-9-19(12-21(23)28)15-36-25-20(27(32)33)14-31(30-25)13-18-6-3-2-4-7-18/h2-12,14H,13,15-16H2,1H3,(H,32,33). The molecule has 0 aliphatic carbocycles. The first-order valence-electron chi connectivity index (χ1n) is 11.3. The van der Waals surface area contributed by atoms with Crippen LogP contribution < -0.4 is 9.47 Å². The van der Waals surface area contributed by atoms with Crippen molar-refractivity contribution in [3.63, 3.8) is 0 Å². The van der Waals surface area contributed by atoms with Gasteiger partial charge in [-0.15, -0.1) is 5.10 Å². The highest BCUT2D eigenvalue weighted by molar-refractivity contribution is 9.10. The number of halogens is 1. The van der Waals surface area contributed by atoms with Crippen LogP contribution in [0.1, 0.15) is 32.9 Å². The van der Waals surface area contributed by atoms with Gasteiger partial charge >= 0.3 is 5.97 Å². The molecule has 2 aromatic carbocycles. The van der Waals surface area contributed by atoms with Crippen molar-refractivity contribution in [3.05, 3.63) is 106 Å². The van der Waals surface area contributed by atoms with Crippen molar-refractivity contribution in [2.24, 2.45) is 0 Å². The highest BCUT2D eigenvalue weighted by Crippen LogP contribution is 2.29. The molecule has 5 rings (SSSR count). The molecule has 0 saturated heterocycles. The Kier molecular flexibility index (Phi) is 7.09. The van der Waals surface area contributed by atoms with Crippen LogP contribution in [0, 0.1) is 6.92 Å². The van der Waals surface area contributed by atoms with E-state index in [1.165, 1.54) is 6.20 Å². The van der Waals surface area contributed by atoms with E-state index >= 15 is 0 Å². The molecule has 0 saturated carbocycles. The van der Waals surface area contributed by atoms with Gasteiger partial charge in [-0.3, -0.25) is 4.68 Å². The number of hydrogen-bond donors (Lipinski definition) is 1. The average Bonchev–Trinajstić information content (AvgIpc) is 3.63. The Bertz CT molecular complexity index is 1510. The van der Waals surface area contributed by atoms with E-state index < -0.39 is 5.97 Å². The van der Waals surface area contributed by atoms with Gasteiger partial charge in [0.25, 0.3) is 5.89 Å². The largest absolute Gasteiger partial charge is 0.486 e. The number of ether oxygens (including phenoxy) is 2. The lowest BCUT2D eigenvalue weighted by atomic mass is 10.2. The normalized spacial score (nSPS) is 11.0. The molecule has 3 heterocycles. The Balaban J connectivity index is 1.22. The van der Waals surface area contributed by atoms with Gasteiger partial charge in [0.15, 0.2) is 5.76 Å². The third-order valence-electron chi connectivity index (χ3n) is 5.51. The molecule has 9 nitrogen and oxygen atoms in total. The molecular formula is C27H22BrN3O6. The third-order valence-corrected chi connectivity index (χ3v) is 6.13. The number of aryl methyl sites for hydroxylation is 1. The van der Waals surface area contributed by atoms with Crippen LogP contribution in [0.3, 0.4) is 0 Å². The van der Waals surface area contributed by atoms with Crippen molar-refractivity contribution in [1.29, 1.82) is 0 Å². The minimum Gasteiger partial charge on any atom is -0.486 e. The molecule has 0 atom stereocenters. The van der Waals surface area contributed by atoms with Gasteiger partial charge in [0, 0.05) is 6.20 Å². The fraction of sp³-hybridized carbons (Fsp3) is 0.148. The van der Waals surface area contributed by atoms with E-state index in [0.29, 0.717) is 39.9 Å². The van der Waals surface area contributed by atoms with Gasteiger partial charge in [0.05, 0.1) is 17.3 Å². The Labute approximate surface area is 220 Å². The van der Waals surface area contributed by atoms with Crippen LogP contribution in [0.5, 0.6) is 11.6 Å². The number of carbonyl (C=O) groups is 1. The average molecular weight is 564 g/mol. The highest BCUT2D eigenvalue weighted by Gasteiger charge is 2.18. The number of hydrogen-bond acceptors (Lipinski definition) is 7. The minimum atomic E-state index is -1.10. The summed E-state index contributed by atoms with van der Waals surface area (Å²) in [5, 5.41) is 13.9. The van der Waals surface area contributed by atoms with E-state index in [0.717, 1.165) is 11.1 Å². The lowest BCUT2D eigenvalue weighted by Gasteiger charge is -2.10. The number of carboxylic acids is 1. The summed E-state index contributed by atoms with van der Waals surface area (Å²) in [6.07, 6.45) is 3.03. The number of aromatic carboxylic acids is 1. The molecule has 0 amide bonds. The number of oxazole rings is 1. The van der Waals surface area contributed by atoms with Crippen LogP contribution in [-0.2, 0) is 19.8 Å². The summed E-state index contributed by atoms with van der Waals surface area (Å²) in [5.74, 6) is 1.18. The number of rotatable bonds is 10. The quantitative estimate of drug-likeness (QED) is 0.216. The molecule has 0 aliphatic rings. The van der Waals surface area contributed by atoms with Crippen LogP contribution in [-0.4, -0.2) is 25.8 Å². The second-order valence-electron chi connectivity index (χ2n) is 8.18. The molecule has 0 aliphatic heterocycles. The second kappa shape index (κ2) is 10.8. The van der Waals surface area contributed by atoms with Crippen LogP contribution in [0.25, 0.3) is 11.7 Å². The number of aromatic nitrogens is 3. The fourth-order valence-corrected chi connectivity index (χ4v) is 4.17. The van der Waals surface area contributed by atoms with Gasteiger partial charge in [-0.1, -0.05) is 36.4 Å². The molecule has 1 N–H and O–H groups in total. The van der Waals surface area contributed by atoms with Crippen LogP contribution >= 0.6 is 15.9 Å². The van der Waals surface area contributed by atoms with Crippen molar-refractivity contribution in [2.75, 3.05) is 0 Å². The lowest BCUT2D eigenvalue weighted by molar-refractivity contribution is 0.0691. The number of furan rings is 1. The van der Waals surface area contributed by atoms with Gasteiger partial charge in [-0.05, 0) is 58.2 Å². The van der Waals surface area contributed by atoms with Gasteiger partial charge < -0.3 is 23.4 Å². The molecule has 3 aromatic heterocycles. The molecule has 10 heteroatoms. The summed E-state index contributed by atoms with van der Waals surface area (Å²) in [7, 11) is 0. The van der Waals surface area contributed by atoms with E-state index in [2.05, 4.69) is 26.0 Å². The summed E-state index contributed by atoms with van der Waals surface area (Å²) < 4.78 is 25.0. The molecule has 0 radical (unpaired) electrons. The predicted molar refractivity (Wildman–Crippen MR) is 136 cm³/mol. The maximum Gasteiger partial charge on any atom is 0.342 e. The van der Waals surface area contributed by atoms with E-state index in [1.54, 1.807) is 29.1 Å². The monoisotopic (exact) mass is 563 g/mol. The first-order chi connectivity index (χ1) is 18.0. The molecule has 0 fully saturated rings. The van der Waals surface area contributed by atoms with Crippen LogP contribution in [0.2, 0.25) is 0 Å². The van der Waals surface area contributed by atoms with E-state index in [9.17, 15) is 9.90 Å². The summed E-state index contributed by atoms with van der Waals surface area (Å²) in [6.45, 7) is 2.61. The number of carboxylic acid groups (broad SMARTS) is 1. The molecule has 0 bridgehead atoms. The zero-order valence-electron chi connectivity index (χ0n) is 19.8. The number of nitrogens with zero attached hydrogens (tertiary/aromatic N) is 3. The Morgan fingerprint density at radius 3 is 2.62 bits per heavy atom. The van der Waals surface area contributed by atoms with Gasteiger partial charge in [0.1, 0.15) is 36.0 Å². The van der Waals surface area contributed by atoms with Gasteiger partial charge in [-0.25, -0.2) is 9.78 Å². The van der Waals surface area contributed by atoms with E-state index in [4.69, 9.17) is 18.3 Å². The van der Waals surface area contributed by atoms with Crippen LogP contribution in [0.15, 0.2) is 86.4 Å². The third kappa shape index (κ3) is 5.75. The maximum atomic E-state index is 11.7. The predicted octanol–water partition coefficient (Wildman–Crippen LogP) is 6.11. The van der Waals surface area contributed by atoms with Gasteiger partial charge in [0.2, 0.25) is 5.88 Å². The topological polar surface area (TPSA) is 113 Å². The summed E-state index contributed by atoms with van der Waals surface area (Å²) in [4.78, 5) is 16.2. The SMILES string of the molecule is Cc1oc(-c2ccco2)nc1COc1ccc(COc2nn(Cc3ccccc3)cc2C(=O)O)cc1Br. The van der Waals surface area contributed by atoms with Crippen molar-refractivity contribution < 1.29 is 28.2 Å². The van der Waals surface area contributed by atoms with E-state index in [1.807, 2.05) is 49.4 Å². The zero-order chi connectivity index (χ0) is 25.8. The summed E-state index contributed by atoms with van der Waals surface area (Å²) in [6, 6.07) is 18.7. The molecular weight excluding hydrogens is 542 g/mol. The minimum absolute atomic E-state index is 0.00634.